The molecular formula is C6H6N4S. The number of fused-ring (bicyclic) bond motifs is 1. The van der Waals surface area contributed by atoms with Crippen molar-refractivity contribution in [1.29, 1.82) is 0 Å². The predicted molar refractivity (Wildman–Crippen MR) is 45.7 cm³/mol. The first-order valence-corrected chi connectivity index (χ1v) is 3.51. The first-order chi connectivity index (χ1) is 5.27. The van der Waals surface area contributed by atoms with Crippen molar-refractivity contribution in [3.05, 3.63) is 16.9 Å². The van der Waals surface area contributed by atoms with Gasteiger partial charge >= 0.3 is 0 Å². The number of rotatable bonds is 0. The number of hydrogen-bond donors (Lipinski definition) is 3. The van der Waals surface area contributed by atoms with Crippen molar-refractivity contribution in [1.82, 2.24) is 15.0 Å². The second-order valence-electron chi connectivity index (χ2n) is 2.19. The molecule has 0 aromatic carbocycles. The van der Waals surface area contributed by atoms with E-state index in [9.17, 15) is 0 Å². The van der Waals surface area contributed by atoms with Crippen LogP contribution in [-0.2, 0) is 0 Å². The second-order valence-corrected chi connectivity index (χ2v) is 2.58. The molecule has 4 nitrogen and oxygen atoms in total. The van der Waals surface area contributed by atoms with Crippen molar-refractivity contribution < 1.29 is 0 Å². The summed E-state index contributed by atoms with van der Waals surface area (Å²) < 4.78 is 0.525. The van der Waals surface area contributed by atoms with Crippen LogP contribution in [0.3, 0.4) is 0 Å². The van der Waals surface area contributed by atoms with Crippen molar-refractivity contribution in [2.24, 2.45) is 0 Å². The number of nitrogens with zero attached hydrogens (tertiary/aromatic N) is 1. The summed E-state index contributed by atoms with van der Waals surface area (Å²) in [7, 11) is 0. The molecule has 2 rings (SSSR count). The Balaban J connectivity index is 3.02. The minimum Gasteiger partial charge on any atom is -0.369 e. The Morgan fingerprint density at radius 3 is 3.18 bits per heavy atom. The fourth-order valence-electron chi connectivity index (χ4n) is 0.977. The third-order valence-electron chi connectivity index (χ3n) is 1.45. The molecule has 0 saturated carbocycles. The molecular weight excluding hydrogens is 160 g/mol. The van der Waals surface area contributed by atoms with Crippen LogP contribution < -0.4 is 5.73 Å². The summed E-state index contributed by atoms with van der Waals surface area (Å²) in [5, 5.41) is 0.897. The standard InChI is InChI=1S/C6H6N4S/c7-6-9-4-3(1-2-8-4)5(11)10-6/h1-2H,(H4,7,8,9,10,11). The summed E-state index contributed by atoms with van der Waals surface area (Å²) in [6.45, 7) is 0. The fourth-order valence-corrected chi connectivity index (χ4v) is 1.25. The van der Waals surface area contributed by atoms with Crippen LogP contribution in [0.25, 0.3) is 11.0 Å². The minimum atomic E-state index is 0.338. The lowest BCUT2D eigenvalue weighted by atomic mass is 10.4. The Bertz CT molecular complexity index is 441. The molecule has 0 spiro atoms. The molecule has 4 N–H and O–H groups in total. The SMILES string of the molecule is Nc1nc(=S)c2cc[nH]c2[nH]1. The van der Waals surface area contributed by atoms with Crippen LogP contribution >= 0.6 is 12.2 Å². The number of nitrogens with two attached hydrogens (primary N) is 1. The molecule has 0 bridgehead atoms. The van der Waals surface area contributed by atoms with Crippen LogP contribution in [0.2, 0.25) is 0 Å². The minimum absolute atomic E-state index is 0.338. The molecule has 0 atom stereocenters. The normalized spacial score (nSPS) is 10.5. The number of H-pyrrole nitrogens is 2. The van der Waals surface area contributed by atoms with Gasteiger partial charge in [-0.05, 0) is 6.07 Å². The molecule has 0 radical (unpaired) electrons. The highest BCUT2D eigenvalue weighted by atomic mass is 32.1. The van der Waals surface area contributed by atoms with Gasteiger partial charge in [-0.25, -0.2) is 4.98 Å². The molecule has 0 aliphatic heterocycles. The van der Waals surface area contributed by atoms with E-state index >= 15 is 0 Å². The third-order valence-corrected chi connectivity index (χ3v) is 1.76. The number of hydrogen-bond acceptors (Lipinski definition) is 3. The Kier molecular flexibility index (Phi) is 1.19. The van der Waals surface area contributed by atoms with E-state index in [1.807, 2.05) is 6.07 Å². The average molecular weight is 166 g/mol. The summed E-state index contributed by atoms with van der Waals surface area (Å²) in [6.07, 6.45) is 1.79. The first-order valence-electron chi connectivity index (χ1n) is 3.10. The molecule has 0 saturated heterocycles. The van der Waals surface area contributed by atoms with Crippen molar-refractivity contribution in [2.45, 2.75) is 0 Å². The summed E-state index contributed by atoms with van der Waals surface area (Å²) in [4.78, 5) is 9.70. The first kappa shape index (κ1) is 6.36. The van der Waals surface area contributed by atoms with Gasteiger partial charge in [-0.2, -0.15) is 0 Å². The number of aromatic nitrogens is 3. The molecule has 2 heterocycles. The topological polar surface area (TPSA) is 70.5 Å². The highest BCUT2D eigenvalue weighted by Crippen LogP contribution is 2.10. The van der Waals surface area contributed by atoms with Gasteiger partial charge in [0.05, 0.1) is 5.39 Å². The van der Waals surface area contributed by atoms with Crippen molar-refractivity contribution >= 4 is 29.2 Å². The van der Waals surface area contributed by atoms with Crippen LogP contribution in [0, 0.1) is 4.64 Å². The van der Waals surface area contributed by atoms with Crippen LogP contribution in [0.1, 0.15) is 0 Å². The molecule has 5 heteroatoms. The van der Waals surface area contributed by atoms with E-state index in [-0.39, 0.29) is 0 Å². The molecule has 0 unspecified atom stereocenters. The van der Waals surface area contributed by atoms with E-state index < -0.39 is 0 Å². The van der Waals surface area contributed by atoms with E-state index in [1.54, 1.807) is 6.20 Å². The Labute approximate surface area is 67.5 Å². The monoisotopic (exact) mass is 166 g/mol. The van der Waals surface area contributed by atoms with Crippen molar-refractivity contribution in [2.75, 3.05) is 5.73 Å². The van der Waals surface area contributed by atoms with E-state index in [2.05, 4.69) is 15.0 Å². The zero-order chi connectivity index (χ0) is 7.84. The smallest absolute Gasteiger partial charge is 0.200 e. The quantitative estimate of drug-likeness (QED) is 0.515. The number of anilines is 1. The summed E-state index contributed by atoms with van der Waals surface area (Å²) in [5.74, 6) is 0.338. The van der Waals surface area contributed by atoms with Crippen LogP contribution in [-0.4, -0.2) is 15.0 Å². The maximum Gasteiger partial charge on any atom is 0.200 e. The van der Waals surface area contributed by atoms with E-state index in [0.29, 0.717) is 10.6 Å². The van der Waals surface area contributed by atoms with Gasteiger partial charge < -0.3 is 15.7 Å². The predicted octanol–water partition coefficient (Wildman–Crippen LogP) is 1.20. The average Bonchev–Trinajstić information content (AvgIpc) is 2.34. The van der Waals surface area contributed by atoms with Gasteiger partial charge in [0.25, 0.3) is 0 Å². The molecule has 56 valence electrons. The van der Waals surface area contributed by atoms with E-state index in [1.165, 1.54) is 0 Å². The number of nitrogen functional groups attached to an aromatic ring is 1. The van der Waals surface area contributed by atoms with Crippen molar-refractivity contribution in [3.8, 4) is 0 Å². The van der Waals surface area contributed by atoms with Gasteiger partial charge in [0, 0.05) is 6.20 Å². The highest BCUT2D eigenvalue weighted by molar-refractivity contribution is 7.71. The summed E-state index contributed by atoms with van der Waals surface area (Å²) >= 11 is 4.96. The van der Waals surface area contributed by atoms with E-state index in [0.717, 1.165) is 11.0 Å². The van der Waals surface area contributed by atoms with Gasteiger partial charge in [-0.3, -0.25) is 0 Å². The van der Waals surface area contributed by atoms with Crippen molar-refractivity contribution in [3.63, 3.8) is 0 Å². The number of aromatic amines is 2. The Morgan fingerprint density at radius 1 is 1.55 bits per heavy atom. The van der Waals surface area contributed by atoms with Gasteiger partial charge in [-0.15, -0.1) is 0 Å². The Hall–Kier alpha value is -1.36. The molecule has 0 aliphatic rings. The molecule has 0 aliphatic carbocycles. The Morgan fingerprint density at radius 2 is 2.36 bits per heavy atom. The van der Waals surface area contributed by atoms with Gasteiger partial charge in [0.2, 0.25) is 0 Å². The third kappa shape index (κ3) is 0.894. The second kappa shape index (κ2) is 2.06. The maximum absolute atomic E-state index is 5.43. The van der Waals surface area contributed by atoms with Crippen LogP contribution in [0.5, 0.6) is 0 Å². The zero-order valence-electron chi connectivity index (χ0n) is 5.59. The molecule has 11 heavy (non-hydrogen) atoms. The molecule has 0 amide bonds. The maximum atomic E-state index is 5.43. The molecule has 0 fully saturated rings. The van der Waals surface area contributed by atoms with Crippen LogP contribution in [0.4, 0.5) is 5.95 Å². The van der Waals surface area contributed by atoms with Crippen LogP contribution in [0.15, 0.2) is 12.3 Å². The lowest BCUT2D eigenvalue weighted by Crippen LogP contribution is -1.94. The molecule has 2 aromatic rings. The van der Waals surface area contributed by atoms with Gasteiger partial charge in [-0.1, -0.05) is 12.2 Å². The fraction of sp³-hybridized carbons (Fsp3) is 0. The summed E-state index contributed by atoms with van der Waals surface area (Å²) in [5.41, 5.74) is 6.25. The number of nitrogens with one attached hydrogen (secondary N) is 2. The van der Waals surface area contributed by atoms with Gasteiger partial charge in [0.15, 0.2) is 5.95 Å². The lowest BCUT2D eigenvalue weighted by molar-refractivity contribution is 1.20. The van der Waals surface area contributed by atoms with Gasteiger partial charge in [0.1, 0.15) is 10.3 Å². The summed E-state index contributed by atoms with van der Waals surface area (Å²) in [6, 6.07) is 1.86. The molecule has 2 aromatic heterocycles. The van der Waals surface area contributed by atoms with E-state index in [4.69, 9.17) is 18.0 Å². The highest BCUT2D eigenvalue weighted by Gasteiger charge is 1.97. The zero-order valence-corrected chi connectivity index (χ0v) is 6.40. The lowest BCUT2D eigenvalue weighted by Gasteiger charge is -1.92. The largest absolute Gasteiger partial charge is 0.369 e.